The van der Waals surface area contributed by atoms with Crippen LogP contribution in [0.1, 0.15) is 63.9 Å². The maximum Gasteiger partial charge on any atom is 0.109 e. The Morgan fingerprint density at radius 1 is 1.04 bits per heavy atom. The van der Waals surface area contributed by atoms with Gasteiger partial charge in [0.2, 0.25) is 0 Å². The first-order valence-corrected chi connectivity index (χ1v) is 11.3. The minimum absolute atomic E-state index is 0.324. The molecule has 0 saturated carbocycles. The molecule has 0 amide bonds. The van der Waals surface area contributed by atoms with Gasteiger partial charge in [-0.3, -0.25) is 0 Å². The molecule has 0 saturated heterocycles. The van der Waals surface area contributed by atoms with Crippen LogP contribution in [-0.4, -0.2) is 11.5 Å². The first kappa shape index (κ1) is 19.1. The molecule has 26 heavy (non-hydrogen) atoms. The second-order valence-corrected chi connectivity index (χ2v) is 10.3. The Hall–Kier alpha value is -1.66. The fraction of sp³-hybridized carbons (Fsp3) is 0.435. The first-order chi connectivity index (χ1) is 12.5. The topological polar surface area (TPSA) is 15.6 Å². The van der Waals surface area contributed by atoms with Crippen LogP contribution in [0.3, 0.4) is 0 Å². The Bertz CT molecular complexity index is 810. The summed E-state index contributed by atoms with van der Waals surface area (Å²) in [4.78, 5) is 5.11. The smallest absolute Gasteiger partial charge is 0.109 e. The molecule has 3 rings (SSSR count). The number of nitrogens with zero attached hydrogens (tertiary/aromatic N) is 2. The molecule has 0 aromatic heterocycles. The number of aliphatic imine (C=N–C) groups is 1. The number of hydrogen-bond acceptors (Lipinski definition) is 1. The van der Waals surface area contributed by atoms with Crippen molar-refractivity contribution in [3.8, 4) is 0 Å². The number of rotatable bonds is 4. The van der Waals surface area contributed by atoms with E-state index in [0.717, 1.165) is 24.4 Å². The molecule has 0 N–H and O–H groups in total. The Kier molecular flexibility index (Phi) is 5.82. The van der Waals surface area contributed by atoms with Gasteiger partial charge in [-0.25, -0.2) is 4.99 Å². The van der Waals surface area contributed by atoms with E-state index in [1.807, 2.05) is 0 Å². The molecule has 1 aliphatic heterocycles. The molecule has 3 heteroatoms. The first-order valence-electron chi connectivity index (χ1n) is 9.82. The quantitative estimate of drug-likeness (QED) is 0.316. The number of hydrogen-bond donors (Lipinski definition) is 0. The Labute approximate surface area is 160 Å². The van der Waals surface area contributed by atoms with E-state index in [1.165, 1.54) is 22.4 Å². The number of fused-ring (bicyclic) bond motifs is 1. The van der Waals surface area contributed by atoms with Crippen molar-refractivity contribution in [2.45, 2.75) is 65.7 Å². The lowest BCUT2D eigenvalue weighted by molar-refractivity contribution is 1.02. The molecule has 0 spiro atoms. The van der Waals surface area contributed by atoms with Crippen LogP contribution in [0, 0.1) is 0 Å². The van der Waals surface area contributed by atoms with Gasteiger partial charge >= 0.3 is 0 Å². The zero-order valence-electron chi connectivity index (χ0n) is 17.0. The van der Waals surface area contributed by atoms with Gasteiger partial charge in [0.25, 0.3) is 0 Å². The van der Waals surface area contributed by atoms with Crippen LogP contribution in [-0.2, 0) is 12.8 Å². The van der Waals surface area contributed by atoms with Crippen molar-refractivity contribution in [2.24, 2.45) is 4.99 Å². The molecule has 2 unspecified atom stereocenters. The molecule has 2 atom stereocenters. The zero-order valence-corrected chi connectivity index (χ0v) is 17.8. The normalized spacial score (nSPS) is 20.0. The van der Waals surface area contributed by atoms with Gasteiger partial charge in [-0.2, -0.15) is 0 Å². The number of amidine groups is 1. The minimum Gasteiger partial charge on any atom is -0.307 e. The summed E-state index contributed by atoms with van der Waals surface area (Å²) in [5.74, 6) is 1.14. The van der Waals surface area contributed by atoms with Gasteiger partial charge < -0.3 is 4.67 Å². The van der Waals surface area contributed by atoms with Gasteiger partial charge in [0.05, 0.1) is 11.4 Å². The maximum atomic E-state index is 5.11. The maximum absolute atomic E-state index is 5.11. The van der Waals surface area contributed by atoms with Crippen molar-refractivity contribution in [2.75, 3.05) is 4.67 Å². The van der Waals surface area contributed by atoms with Gasteiger partial charge in [0.1, 0.15) is 5.84 Å². The lowest BCUT2D eigenvalue weighted by Crippen LogP contribution is -2.24. The van der Waals surface area contributed by atoms with Crippen LogP contribution in [0.4, 0.5) is 11.4 Å². The van der Waals surface area contributed by atoms with Gasteiger partial charge in [0.15, 0.2) is 0 Å². The molecule has 1 heterocycles. The third kappa shape index (κ3) is 3.32. The van der Waals surface area contributed by atoms with Crippen molar-refractivity contribution < 1.29 is 0 Å². The van der Waals surface area contributed by atoms with Crippen molar-refractivity contribution in [3.63, 3.8) is 0 Å². The van der Waals surface area contributed by atoms with Crippen molar-refractivity contribution in [1.29, 1.82) is 0 Å². The third-order valence-electron chi connectivity index (χ3n) is 5.31. The summed E-state index contributed by atoms with van der Waals surface area (Å²) in [6.07, 6.45) is 2.07. The van der Waals surface area contributed by atoms with E-state index in [1.54, 1.807) is 0 Å². The third-order valence-corrected chi connectivity index (χ3v) is 8.39. The summed E-state index contributed by atoms with van der Waals surface area (Å²) in [7, 11) is -0.324. The van der Waals surface area contributed by atoms with E-state index < -0.39 is 0 Å². The van der Waals surface area contributed by atoms with Crippen LogP contribution < -0.4 is 4.67 Å². The second kappa shape index (κ2) is 7.92. The molecule has 1 aliphatic rings. The predicted octanol–water partition coefficient (Wildman–Crippen LogP) is 7.25. The number of benzene rings is 2. The van der Waals surface area contributed by atoms with E-state index >= 15 is 0 Å². The highest BCUT2D eigenvalue weighted by Crippen LogP contribution is 2.66. The molecule has 2 aromatic carbocycles. The highest BCUT2D eigenvalue weighted by atomic mass is 31.1. The van der Waals surface area contributed by atoms with Crippen LogP contribution >= 0.6 is 8.07 Å². The van der Waals surface area contributed by atoms with E-state index in [9.17, 15) is 0 Å². The fourth-order valence-corrected chi connectivity index (χ4v) is 7.12. The van der Waals surface area contributed by atoms with Crippen LogP contribution in [0.2, 0.25) is 0 Å². The zero-order chi connectivity index (χ0) is 18.8. The average Bonchev–Trinajstić information content (AvgIpc) is 2.95. The predicted molar refractivity (Wildman–Crippen MR) is 117 cm³/mol. The molecule has 2 aromatic rings. The molecular weight excluding hydrogens is 335 g/mol. The highest BCUT2D eigenvalue weighted by molar-refractivity contribution is 7.62. The van der Waals surface area contributed by atoms with Crippen LogP contribution in [0.25, 0.3) is 0 Å². The Balaban J connectivity index is 2.14. The molecule has 0 fully saturated rings. The van der Waals surface area contributed by atoms with Gasteiger partial charge in [-0.15, -0.1) is 0 Å². The lowest BCUT2D eigenvalue weighted by Gasteiger charge is -2.33. The second-order valence-electron chi connectivity index (χ2n) is 7.31. The largest absolute Gasteiger partial charge is 0.307 e. The average molecular weight is 366 g/mol. The standard InChI is InChI=1S/C23H31N2P/c1-7-19-12-9-10-15-22(19)24-18(6)25-23-20(8-2)13-11-14-21(23)17(5)26(25)16(3)4/h9-17H,7-8H2,1-6H3. The summed E-state index contributed by atoms with van der Waals surface area (Å²) in [6, 6.07) is 15.4. The highest BCUT2D eigenvalue weighted by Gasteiger charge is 2.40. The molecule has 2 nitrogen and oxygen atoms in total. The molecule has 138 valence electrons. The summed E-state index contributed by atoms with van der Waals surface area (Å²) in [5.41, 5.74) is 8.01. The number of para-hydroxylation sites is 2. The van der Waals surface area contributed by atoms with Gasteiger partial charge in [-0.1, -0.05) is 71.0 Å². The summed E-state index contributed by atoms with van der Waals surface area (Å²) >= 11 is 0. The minimum atomic E-state index is -0.324. The summed E-state index contributed by atoms with van der Waals surface area (Å²) < 4.78 is 2.59. The monoisotopic (exact) mass is 366 g/mol. The van der Waals surface area contributed by atoms with Crippen LogP contribution in [0.5, 0.6) is 0 Å². The molecular formula is C23H31N2P. The van der Waals surface area contributed by atoms with Crippen LogP contribution in [0.15, 0.2) is 47.5 Å². The summed E-state index contributed by atoms with van der Waals surface area (Å²) in [6.45, 7) is 13.8. The number of anilines is 1. The molecule has 0 bridgehead atoms. The van der Waals surface area contributed by atoms with Gasteiger partial charge in [0, 0.05) is 13.7 Å². The Morgan fingerprint density at radius 2 is 1.69 bits per heavy atom. The fourth-order valence-electron chi connectivity index (χ4n) is 4.07. The lowest BCUT2D eigenvalue weighted by atomic mass is 10.0. The van der Waals surface area contributed by atoms with E-state index in [0.29, 0.717) is 11.3 Å². The van der Waals surface area contributed by atoms with E-state index in [4.69, 9.17) is 4.99 Å². The summed E-state index contributed by atoms with van der Waals surface area (Å²) in [5, 5.41) is 0. The van der Waals surface area contributed by atoms with Crippen molar-refractivity contribution in [1.82, 2.24) is 0 Å². The van der Waals surface area contributed by atoms with Gasteiger partial charge in [-0.05, 0) is 48.2 Å². The van der Waals surface area contributed by atoms with Crippen molar-refractivity contribution in [3.05, 3.63) is 59.2 Å². The Morgan fingerprint density at radius 3 is 2.35 bits per heavy atom. The van der Waals surface area contributed by atoms with Crippen molar-refractivity contribution >= 4 is 25.3 Å². The van der Waals surface area contributed by atoms with E-state index in [2.05, 4.69) is 88.7 Å². The van der Waals surface area contributed by atoms with E-state index in [-0.39, 0.29) is 8.07 Å². The SMILES string of the molecule is CCc1ccccc1N=C(C)N1c2c(CC)cccc2C(C)P1C(C)C. The number of aryl methyl sites for hydroxylation is 2. The molecule has 0 aliphatic carbocycles. The molecule has 0 radical (unpaired) electrons.